The van der Waals surface area contributed by atoms with Gasteiger partial charge in [0.1, 0.15) is 17.5 Å². The maximum atomic E-state index is 5.94. The number of aromatic nitrogens is 2. The molecular formula is C23H14N2O2. The summed E-state index contributed by atoms with van der Waals surface area (Å²) in [6.45, 7) is 0. The largest absolute Gasteiger partial charge is 0.440 e. The third kappa shape index (κ3) is 2.38. The molecule has 0 fully saturated rings. The maximum Gasteiger partial charge on any atom is 0.204 e. The standard InChI is InChI=1S/C23H14N2O2/c1-3-7-16-11-20-18(9-14(16)5-1)24-22(26-20)13-23-25-19-10-15-6-2-4-8-17(15)12-21(19)27-23/h1-12H,13H2. The molecule has 6 rings (SSSR count). The van der Waals surface area contributed by atoms with E-state index in [1.165, 1.54) is 0 Å². The molecule has 2 heterocycles. The van der Waals surface area contributed by atoms with Crippen LogP contribution in [0.25, 0.3) is 43.7 Å². The number of nitrogens with zero attached hydrogens (tertiary/aromatic N) is 2. The van der Waals surface area contributed by atoms with Gasteiger partial charge in [-0.25, -0.2) is 9.97 Å². The Labute approximate surface area is 154 Å². The fourth-order valence-corrected chi connectivity index (χ4v) is 3.60. The Balaban J connectivity index is 1.42. The molecule has 0 amide bonds. The van der Waals surface area contributed by atoms with E-state index in [0.717, 1.165) is 43.7 Å². The van der Waals surface area contributed by atoms with Crippen LogP contribution in [0.3, 0.4) is 0 Å². The minimum Gasteiger partial charge on any atom is -0.440 e. The van der Waals surface area contributed by atoms with Gasteiger partial charge >= 0.3 is 0 Å². The molecule has 0 unspecified atom stereocenters. The van der Waals surface area contributed by atoms with E-state index in [2.05, 4.69) is 46.4 Å². The summed E-state index contributed by atoms with van der Waals surface area (Å²) in [4.78, 5) is 9.23. The highest BCUT2D eigenvalue weighted by atomic mass is 16.4. The molecule has 0 saturated carbocycles. The minimum absolute atomic E-state index is 0.427. The van der Waals surface area contributed by atoms with Gasteiger partial charge in [-0.1, -0.05) is 48.5 Å². The van der Waals surface area contributed by atoms with E-state index < -0.39 is 0 Å². The van der Waals surface area contributed by atoms with E-state index >= 15 is 0 Å². The molecule has 0 saturated heterocycles. The predicted octanol–water partition coefficient (Wildman–Crippen LogP) is 5.87. The molecule has 128 valence electrons. The van der Waals surface area contributed by atoms with E-state index in [4.69, 9.17) is 8.83 Å². The molecule has 2 aromatic heterocycles. The lowest BCUT2D eigenvalue weighted by atomic mass is 10.1. The van der Waals surface area contributed by atoms with Crippen molar-refractivity contribution >= 4 is 43.7 Å². The lowest BCUT2D eigenvalue weighted by molar-refractivity contribution is 0.489. The molecule has 27 heavy (non-hydrogen) atoms. The van der Waals surface area contributed by atoms with Gasteiger partial charge in [0.05, 0.1) is 0 Å². The zero-order valence-electron chi connectivity index (χ0n) is 14.3. The number of fused-ring (bicyclic) bond motifs is 4. The molecule has 0 aliphatic rings. The van der Waals surface area contributed by atoms with Crippen LogP contribution in [0.2, 0.25) is 0 Å². The Morgan fingerprint density at radius 2 is 0.963 bits per heavy atom. The molecular weight excluding hydrogens is 336 g/mol. The summed E-state index contributed by atoms with van der Waals surface area (Å²) in [7, 11) is 0. The van der Waals surface area contributed by atoms with Crippen molar-refractivity contribution < 1.29 is 8.83 Å². The van der Waals surface area contributed by atoms with Crippen LogP contribution in [0.1, 0.15) is 11.8 Å². The third-order valence-electron chi connectivity index (χ3n) is 4.90. The van der Waals surface area contributed by atoms with E-state index in [9.17, 15) is 0 Å². The van der Waals surface area contributed by atoms with E-state index in [1.807, 2.05) is 36.4 Å². The van der Waals surface area contributed by atoms with Gasteiger partial charge in [0, 0.05) is 0 Å². The predicted molar refractivity (Wildman–Crippen MR) is 106 cm³/mol. The monoisotopic (exact) mass is 350 g/mol. The first-order valence-corrected chi connectivity index (χ1v) is 8.88. The fourth-order valence-electron chi connectivity index (χ4n) is 3.60. The van der Waals surface area contributed by atoms with Crippen LogP contribution in [0.4, 0.5) is 0 Å². The molecule has 4 aromatic carbocycles. The third-order valence-corrected chi connectivity index (χ3v) is 4.90. The summed E-state index contributed by atoms with van der Waals surface area (Å²) < 4.78 is 11.9. The Hall–Kier alpha value is -3.66. The van der Waals surface area contributed by atoms with Gasteiger partial charge in [-0.15, -0.1) is 0 Å². The molecule has 4 heteroatoms. The number of oxazole rings is 2. The molecule has 6 aromatic rings. The van der Waals surface area contributed by atoms with Gasteiger partial charge in [-0.05, 0) is 45.8 Å². The van der Waals surface area contributed by atoms with Gasteiger partial charge in [-0.3, -0.25) is 0 Å². The maximum absolute atomic E-state index is 5.94. The van der Waals surface area contributed by atoms with Gasteiger partial charge in [0.2, 0.25) is 11.8 Å². The van der Waals surface area contributed by atoms with Crippen LogP contribution in [0.5, 0.6) is 0 Å². The van der Waals surface area contributed by atoms with Crippen LogP contribution in [-0.2, 0) is 6.42 Å². The molecule has 4 nitrogen and oxygen atoms in total. The number of hydrogen-bond acceptors (Lipinski definition) is 4. The minimum atomic E-state index is 0.427. The van der Waals surface area contributed by atoms with Crippen LogP contribution in [-0.4, -0.2) is 9.97 Å². The van der Waals surface area contributed by atoms with Crippen molar-refractivity contribution in [2.45, 2.75) is 6.42 Å². The Bertz CT molecular complexity index is 1240. The van der Waals surface area contributed by atoms with Gasteiger partial charge < -0.3 is 8.83 Å². The number of benzene rings is 4. The molecule has 0 bridgehead atoms. The van der Waals surface area contributed by atoms with Gasteiger partial charge in [0.25, 0.3) is 0 Å². The average molecular weight is 350 g/mol. The van der Waals surface area contributed by atoms with E-state index in [1.54, 1.807) is 0 Å². The average Bonchev–Trinajstić information content (AvgIpc) is 3.25. The van der Waals surface area contributed by atoms with Crippen molar-refractivity contribution in [3.05, 3.63) is 84.6 Å². The van der Waals surface area contributed by atoms with Crippen LogP contribution < -0.4 is 0 Å². The highest BCUT2D eigenvalue weighted by molar-refractivity contribution is 5.95. The smallest absolute Gasteiger partial charge is 0.204 e. The summed E-state index contributed by atoms with van der Waals surface area (Å²) in [5.41, 5.74) is 3.27. The van der Waals surface area contributed by atoms with Gasteiger partial charge in [-0.2, -0.15) is 0 Å². The van der Waals surface area contributed by atoms with Crippen molar-refractivity contribution in [1.82, 2.24) is 9.97 Å². The molecule has 0 N–H and O–H groups in total. The van der Waals surface area contributed by atoms with Crippen LogP contribution in [0.15, 0.2) is 81.6 Å². The van der Waals surface area contributed by atoms with Gasteiger partial charge in [0.15, 0.2) is 11.2 Å². The molecule has 0 atom stereocenters. The lowest BCUT2D eigenvalue weighted by Crippen LogP contribution is -1.87. The summed E-state index contributed by atoms with van der Waals surface area (Å²) >= 11 is 0. The Morgan fingerprint density at radius 3 is 1.41 bits per heavy atom. The SMILES string of the molecule is c1ccc2cc3oc(Cc4nc5cc6ccccc6cc5o4)nc3cc2c1. The Kier molecular flexibility index (Phi) is 2.91. The second-order valence-electron chi connectivity index (χ2n) is 6.73. The zero-order valence-corrected chi connectivity index (χ0v) is 14.3. The summed E-state index contributed by atoms with van der Waals surface area (Å²) in [5, 5.41) is 4.58. The van der Waals surface area contributed by atoms with Crippen molar-refractivity contribution in [2.24, 2.45) is 0 Å². The van der Waals surface area contributed by atoms with Crippen LogP contribution >= 0.6 is 0 Å². The topological polar surface area (TPSA) is 52.1 Å². The molecule has 0 aliphatic carbocycles. The van der Waals surface area contributed by atoms with Crippen molar-refractivity contribution in [2.75, 3.05) is 0 Å². The fraction of sp³-hybridized carbons (Fsp3) is 0.0435. The number of rotatable bonds is 2. The van der Waals surface area contributed by atoms with E-state index in [-0.39, 0.29) is 0 Å². The quantitative estimate of drug-likeness (QED) is 0.392. The first-order valence-electron chi connectivity index (χ1n) is 8.88. The zero-order chi connectivity index (χ0) is 17.8. The van der Waals surface area contributed by atoms with E-state index in [0.29, 0.717) is 18.2 Å². The first-order chi connectivity index (χ1) is 13.3. The normalized spacial score (nSPS) is 11.9. The summed E-state index contributed by atoms with van der Waals surface area (Å²) in [6.07, 6.45) is 0.427. The molecule has 0 spiro atoms. The van der Waals surface area contributed by atoms with Crippen LogP contribution in [0, 0.1) is 0 Å². The Morgan fingerprint density at radius 1 is 0.556 bits per heavy atom. The molecule has 0 aliphatic heterocycles. The van der Waals surface area contributed by atoms with Crippen molar-refractivity contribution in [3.8, 4) is 0 Å². The second-order valence-corrected chi connectivity index (χ2v) is 6.73. The molecule has 0 radical (unpaired) electrons. The number of hydrogen-bond donors (Lipinski definition) is 0. The van der Waals surface area contributed by atoms with Crippen molar-refractivity contribution in [3.63, 3.8) is 0 Å². The second kappa shape index (κ2) is 5.42. The highest BCUT2D eigenvalue weighted by Gasteiger charge is 2.13. The summed E-state index contributed by atoms with van der Waals surface area (Å²) in [6, 6.07) is 24.6. The summed E-state index contributed by atoms with van der Waals surface area (Å²) in [5.74, 6) is 1.22. The highest BCUT2D eigenvalue weighted by Crippen LogP contribution is 2.26. The van der Waals surface area contributed by atoms with Crippen molar-refractivity contribution in [1.29, 1.82) is 0 Å². The lowest BCUT2D eigenvalue weighted by Gasteiger charge is -1.94. The first kappa shape index (κ1) is 14.5.